The lowest BCUT2D eigenvalue weighted by molar-refractivity contribution is -0.108. The summed E-state index contributed by atoms with van der Waals surface area (Å²) in [5.41, 5.74) is 2.10. The zero-order valence-corrected chi connectivity index (χ0v) is 22.8. The zero-order chi connectivity index (χ0) is 26.2. The van der Waals surface area contributed by atoms with Gasteiger partial charge in [0.05, 0.1) is 30.9 Å². The monoisotopic (exact) mass is 522 g/mol. The minimum Gasteiger partial charge on any atom is -0.384 e. The lowest BCUT2D eigenvalue weighted by Gasteiger charge is -2.27. The number of rotatable bonds is 14. The van der Waals surface area contributed by atoms with Crippen LogP contribution < -0.4 is 14.9 Å². The van der Waals surface area contributed by atoms with Gasteiger partial charge in [0.25, 0.3) is 10.0 Å². The van der Waals surface area contributed by atoms with Gasteiger partial charge < -0.3 is 15.4 Å². The van der Waals surface area contributed by atoms with Gasteiger partial charge in [-0.3, -0.25) is 4.31 Å². The number of hydrogen-bond acceptors (Lipinski definition) is 7. The van der Waals surface area contributed by atoms with Crippen molar-refractivity contribution in [3.8, 4) is 0 Å². The van der Waals surface area contributed by atoms with Crippen molar-refractivity contribution in [2.75, 3.05) is 42.6 Å². The van der Waals surface area contributed by atoms with Crippen molar-refractivity contribution in [2.45, 2.75) is 43.4 Å². The van der Waals surface area contributed by atoms with Crippen molar-refractivity contribution in [3.63, 3.8) is 0 Å². The minimum atomic E-state index is -3.98. The lowest BCUT2D eigenvalue weighted by Crippen LogP contribution is -2.34. The van der Waals surface area contributed by atoms with E-state index in [1.165, 1.54) is 22.7 Å². The van der Waals surface area contributed by atoms with Gasteiger partial charge in [-0.2, -0.15) is 0 Å². The summed E-state index contributed by atoms with van der Waals surface area (Å²) in [4.78, 5) is 11.1. The van der Waals surface area contributed by atoms with E-state index >= 15 is 0 Å². The molecule has 0 aliphatic rings. The molecule has 35 heavy (non-hydrogen) atoms. The largest absolute Gasteiger partial charge is 0.384 e. The van der Waals surface area contributed by atoms with Gasteiger partial charge in [-0.1, -0.05) is 32.9 Å². The highest BCUT2D eigenvalue weighted by molar-refractivity contribution is 7.93. The second-order valence-corrected chi connectivity index (χ2v) is 13.1. The van der Waals surface area contributed by atoms with Crippen molar-refractivity contribution < 1.29 is 17.4 Å². The molecular weight excluding hydrogens is 484 g/mol. The number of benzene rings is 2. The molecule has 0 aromatic heterocycles. The summed E-state index contributed by atoms with van der Waals surface area (Å²) in [5, 5.41) is 6.20. The summed E-state index contributed by atoms with van der Waals surface area (Å²) >= 11 is 0. The Bertz CT molecular complexity index is 1190. The number of nitrogens with one attached hydrogen (secondary N) is 3. The molecule has 1 unspecified atom stereocenters. The molecule has 2 rings (SSSR count). The Kier molecular flexibility index (Phi) is 10.3. The lowest BCUT2D eigenvalue weighted by atomic mass is 10.1. The molecule has 0 spiro atoms. The van der Waals surface area contributed by atoms with Gasteiger partial charge in [-0.25, -0.2) is 17.4 Å². The van der Waals surface area contributed by atoms with Crippen molar-refractivity contribution in [2.24, 2.45) is 11.8 Å². The predicted octanol–water partition coefficient (Wildman–Crippen LogP) is 3.97. The Labute approximate surface area is 210 Å². The van der Waals surface area contributed by atoms with Crippen molar-refractivity contribution in [1.29, 1.82) is 4.78 Å². The number of nitrogens with zero attached hydrogens (tertiary/aromatic N) is 1. The third kappa shape index (κ3) is 7.78. The first-order valence-electron chi connectivity index (χ1n) is 11.8. The molecule has 2 aromatic rings. The number of carbonyl (C=O) groups is 1. The van der Waals surface area contributed by atoms with Gasteiger partial charge in [-0.15, -0.1) is 0 Å². The molecule has 0 amide bonds. The van der Waals surface area contributed by atoms with Crippen LogP contribution in [0.4, 0.5) is 11.4 Å². The second-order valence-electron chi connectivity index (χ2n) is 9.16. The van der Waals surface area contributed by atoms with E-state index in [0.29, 0.717) is 30.9 Å². The number of hydrogen-bond donors (Lipinski definition) is 3. The minimum absolute atomic E-state index is 0.0000248. The fraction of sp³-hybridized carbons (Fsp3) is 0.480. The second kappa shape index (κ2) is 12.5. The van der Waals surface area contributed by atoms with Crippen molar-refractivity contribution in [1.82, 2.24) is 5.32 Å². The van der Waals surface area contributed by atoms with Crippen LogP contribution in [0.3, 0.4) is 0 Å². The van der Waals surface area contributed by atoms with E-state index in [4.69, 9.17) is 4.78 Å². The van der Waals surface area contributed by atoms with Crippen molar-refractivity contribution >= 4 is 37.4 Å². The Balaban J connectivity index is 2.50. The molecule has 0 saturated carbocycles. The molecule has 8 nitrogen and oxygen atoms in total. The number of aldehydes is 1. The van der Waals surface area contributed by atoms with E-state index in [2.05, 4.69) is 10.6 Å². The molecule has 194 valence electrons. The summed E-state index contributed by atoms with van der Waals surface area (Å²) in [5.74, 6) is 0.0737. The van der Waals surface area contributed by atoms with Gasteiger partial charge in [0.1, 0.15) is 6.29 Å². The maximum atomic E-state index is 13.8. The average molecular weight is 523 g/mol. The van der Waals surface area contributed by atoms with Crippen LogP contribution >= 0.6 is 0 Å². The van der Waals surface area contributed by atoms with Crippen LogP contribution in [0.25, 0.3) is 0 Å². The molecule has 10 heteroatoms. The highest BCUT2D eigenvalue weighted by Gasteiger charge is 2.27. The predicted molar refractivity (Wildman–Crippen MR) is 143 cm³/mol. The van der Waals surface area contributed by atoms with Crippen LogP contribution in [0.5, 0.6) is 0 Å². The standard InChI is InChI=1S/C25H38N4O4S2/c1-6-20-7-9-22(10-8-20)29(18-19(2)3)35(32,33)23-11-12-24(25(15-23)34(5,26)31)28-17-21(13-14-30)16-27-4/h7-12,14-15,19,21,26-28H,6,13,16-18H2,1-5H3/t21-,34?/m1/s1. The maximum Gasteiger partial charge on any atom is 0.264 e. The Hall–Kier alpha value is -2.43. The SMILES string of the molecule is CCc1ccc(N(CC(C)C)S(=O)(=O)c2ccc(NC[C@H](CC=O)CNC)c(S(C)(=N)=O)c2)cc1. The average Bonchev–Trinajstić information content (AvgIpc) is 2.80. The van der Waals surface area contributed by atoms with Gasteiger partial charge in [0.15, 0.2) is 0 Å². The van der Waals surface area contributed by atoms with Crippen LogP contribution in [0.2, 0.25) is 0 Å². The van der Waals surface area contributed by atoms with E-state index in [-0.39, 0.29) is 28.2 Å². The van der Waals surface area contributed by atoms with Crippen LogP contribution in [0, 0.1) is 16.6 Å². The third-order valence-corrected chi connectivity index (χ3v) is 8.59. The molecule has 0 heterocycles. The number of aryl methyl sites for hydroxylation is 1. The first-order valence-corrected chi connectivity index (χ1v) is 15.2. The summed E-state index contributed by atoms with van der Waals surface area (Å²) in [6.07, 6.45) is 3.32. The molecule has 0 aliphatic carbocycles. The van der Waals surface area contributed by atoms with E-state index in [1.807, 2.05) is 32.9 Å². The molecule has 2 aromatic carbocycles. The first-order chi connectivity index (χ1) is 16.4. The Morgan fingerprint density at radius 3 is 2.23 bits per heavy atom. The number of anilines is 2. The molecule has 0 saturated heterocycles. The summed E-state index contributed by atoms with van der Waals surface area (Å²) in [6.45, 7) is 7.24. The van der Waals surface area contributed by atoms with Gasteiger partial charge >= 0.3 is 0 Å². The molecule has 0 bridgehead atoms. The first kappa shape index (κ1) is 28.8. The Morgan fingerprint density at radius 1 is 1.06 bits per heavy atom. The highest BCUT2D eigenvalue weighted by Crippen LogP contribution is 2.30. The van der Waals surface area contributed by atoms with E-state index in [0.717, 1.165) is 18.3 Å². The summed E-state index contributed by atoms with van der Waals surface area (Å²) in [6, 6.07) is 11.8. The smallest absolute Gasteiger partial charge is 0.264 e. The van der Waals surface area contributed by atoms with Gasteiger partial charge in [0.2, 0.25) is 0 Å². The zero-order valence-electron chi connectivity index (χ0n) is 21.2. The third-order valence-electron chi connectivity index (χ3n) is 5.63. The van der Waals surface area contributed by atoms with Crippen LogP contribution in [-0.4, -0.2) is 51.9 Å². The Morgan fingerprint density at radius 2 is 1.71 bits per heavy atom. The molecular formula is C25H38N4O4S2. The maximum absolute atomic E-state index is 13.8. The normalized spacial score (nSPS) is 14.3. The van der Waals surface area contributed by atoms with Crippen LogP contribution in [0.15, 0.2) is 52.3 Å². The number of sulfonamides is 1. The highest BCUT2D eigenvalue weighted by atomic mass is 32.2. The van der Waals surface area contributed by atoms with E-state index < -0.39 is 19.8 Å². The fourth-order valence-electron chi connectivity index (χ4n) is 3.75. The quantitative estimate of drug-likeness (QED) is 0.323. The van der Waals surface area contributed by atoms with Crippen molar-refractivity contribution in [3.05, 3.63) is 48.0 Å². The molecule has 3 N–H and O–H groups in total. The van der Waals surface area contributed by atoms with Gasteiger partial charge in [-0.05, 0) is 67.7 Å². The number of carbonyl (C=O) groups excluding carboxylic acids is 1. The topological polar surface area (TPSA) is 119 Å². The fourth-order valence-corrected chi connectivity index (χ4v) is 6.39. The van der Waals surface area contributed by atoms with Crippen LogP contribution in [0.1, 0.15) is 32.8 Å². The molecule has 0 fully saturated rings. The summed E-state index contributed by atoms with van der Waals surface area (Å²) in [7, 11) is -5.42. The molecule has 0 radical (unpaired) electrons. The molecule has 0 aliphatic heterocycles. The van der Waals surface area contributed by atoms with E-state index in [1.54, 1.807) is 25.2 Å². The summed E-state index contributed by atoms with van der Waals surface area (Å²) < 4.78 is 49.9. The van der Waals surface area contributed by atoms with Gasteiger partial charge in [0, 0.05) is 25.8 Å². The molecule has 2 atom stereocenters. The van der Waals surface area contributed by atoms with E-state index in [9.17, 15) is 17.4 Å². The van der Waals surface area contributed by atoms with Crippen LogP contribution in [-0.2, 0) is 31.0 Å².